The van der Waals surface area contributed by atoms with E-state index < -0.39 is 0 Å². The normalized spacial score (nSPS) is 15.0. The largest absolute Gasteiger partial charge is 0.496 e. The number of benzene rings is 2. The molecular formula is C25H29N3O3. The molecule has 162 valence electrons. The van der Waals surface area contributed by atoms with Crippen molar-refractivity contribution in [3.05, 3.63) is 65.5 Å². The second kappa shape index (κ2) is 9.33. The smallest absolute Gasteiger partial charge is 0.247 e. The fourth-order valence-corrected chi connectivity index (χ4v) is 4.42. The van der Waals surface area contributed by atoms with Crippen molar-refractivity contribution < 1.29 is 13.9 Å². The van der Waals surface area contributed by atoms with Crippen molar-refractivity contribution in [1.29, 1.82) is 0 Å². The highest BCUT2D eigenvalue weighted by Gasteiger charge is 2.37. The lowest BCUT2D eigenvalue weighted by molar-refractivity contribution is -0.121. The van der Waals surface area contributed by atoms with Gasteiger partial charge in [0, 0.05) is 35.9 Å². The van der Waals surface area contributed by atoms with Crippen molar-refractivity contribution in [2.24, 2.45) is 0 Å². The van der Waals surface area contributed by atoms with Crippen LogP contribution in [0.2, 0.25) is 0 Å². The first-order valence-corrected chi connectivity index (χ1v) is 10.9. The molecule has 0 unspecified atom stereocenters. The first-order chi connectivity index (χ1) is 15.1. The van der Waals surface area contributed by atoms with Crippen molar-refractivity contribution in [2.75, 3.05) is 13.7 Å². The minimum atomic E-state index is -0.0641. The minimum absolute atomic E-state index is 0.00346. The van der Waals surface area contributed by atoms with Gasteiger partial charge in [-0.2, -0.15) is 0 Å². The number of amides is 1. The highest BCUT2D eigenvalue weighted by molar-refractivity contribution is 5.76. The first kappa shape index (κ1) is 21.1. The van der Waals surface area contributed by atoms with Crippen molar-refractivity contribution >= 4 is 5.91 Å². The Morgan fingerprint density at radius 2 is 1.84 bits per heavy atom. The van der Waals surface area contributed by atoms with Crippen molar-refractivity contribution in [3.8, 4) is 17.2 Å². The van der Waals surface area contributed by atoms with Crippen LogP contribution < -0.4 is 10.1 Å². The van der Waals surface area contributed by atoms with Gasteiger partial charge < -0.3 is 14.5 Å². The molecule has 6 nitrogen and oxygen atoms in total. The molecule has 0 saturated heterocycles. The number of methoxy groups -OCH3 is 1. The zero-order valence-electron chi connectivity index (χ0n) is 18.2. The van der Waals surface area contributed by atoms with E-state index in [0.717, 1.165) is 37.0 Å². The van der Waals surface area contributed by atoms with Gasteiger partial charge in [-0.3, -0.25) is 4.79 Å². The van der Waals surface area contributed by atoms with Crippen LogP contribution in [0.1, 0.15) is 49.1 Å². The summed E-state index contributed by atoms with van der Waals surface area (Å²) in [5, 5.41) is 11.4. The van der Waals surface area contributed by atoms with Gasteiger partial charge in [-0.1, -0.05) is 48.7 Å². The summed E-state index contributed by atoms with van der Waals surface area (Å²) >= 11 is 0. The molecule has 1 amide bonds. The number of para-hydroxylation sites is 1. The van der Waals surface area contributed by atoms with Crippen LogP contribution in [0, 0.1) is 6.92 Å². The average Bonchev–Trinajstić information content (AvgIpc) is 3.47. The van der Waals surface area contributed by atoms with E-state index in [0.29, 0.717) is 31.2 Å². The lowest BCUT2D eigenvalue weighted by Crippen LogP contribution is -2.39. The number of hydrogen-bond acceptors (Lipinski definition) is 5. The van der Waals surface area contributed by atoms with E-state index in [4.69, 9.17) is 9.15 Å². The Labute approximate surface area is 183 Å². The van der Waals surface area contributed by atoms with Gasteiger partial charge in [-0.25, -0.2) is 0 Å². The van der Waals surface area contributed by atoms with Crippen molar-refractivity contribution in [1.82, 2.24) is 15.5 Å². The average molecular weight is 420 g/mol. The number of hydrogen-bond donors (Lipinski definition) is 1. The molecule has 3 aromatic rings. The Bertz CT molecular complexity index is 1020. The molecule has 31 heavy (non-hydrogen) atoms. The van der Waals surface area contributed by atoms with Gasteiger partial charge in [0.2, 0.25) is 17.7 Å². The van der Waals surface area contributed by atoms with Crippen LogP contribution >= 0.6 is 0 Å². The predicted molar refractivity (Wildman–Crippen MR) is 119 cm³/mol. The predicted octanol–water partition coefficient (Wildman–Crippen LogP) is 4.61. The van der Waals surface area contributed by atoms with Crippen LogP contribution in [0.3, 0.4) is 0 Å². The summed E-state index contributed by atoms with van der Waals surface area (Å²) in [6.07, 6.45) is 5.17. The van der Waals surface area contributed by atoms with E-state index in [1.54, 1.807) is 7.11 Å². The van der Waals surface area contributed by atoms with Crippen molar-refractivity contribution in [3.63, 3.8) is 0 Å². The third kappa shape index (κ3) is 4.79. The number of nitrogens with one attached hydrogen (secondary N) is 1. The van der Waals surface area contributed by atoms with E-state index in [2.05, 4.69) is 21.6 Å². The van der Waals surface area contributed by atoms with Crippen LogP contribution in [0.15, 0.2) is 52.9 Å². The van der Waals surface area contributed by atoms with E-state index in [1.807, 2.05) is 49.4 Å². The molecule has 0 radical (unpaired) electrons. The minimum Gasteiger partial charge on any atom is -0.496 e. The zero-order chi connectivity index (χ0) is 21.7. The van der Waals surface area contributed by atoms with Gasteiger partial charge in [0.1, 0.15) is 5.75 Å². The Morgan fingerprint density at radius 1 is 1.10 bits per heavy atom. The molecular weight excluding hydrogens is 390 g/mol. The van der Waals surface area contributed by atoms with Crippen LogP contribution in [0.5, 0.6) is 5.75 Å². The molecule has 1 heterocycles. The summed E-state index contributed by atoms with van der Waals surface area (Å²) in [5.41, 5.74) is 3.18. The fourth-order valence-electron chi connectivity index (χ4n) is 4.42. The SMILES string of the molecule is COc1ccccc1C1(CNC(=O)CCc2nnc(-c3ccc(C)cc3)o2)CCCC1. The molecule has 4 rings (SSSR count). The summed E-state index contributed by atoms with van der Waals surface area (Å²) < 4.78 is 11.3. The van der Waals surface area contributed by atoms with Crippen LogP contribution in [-0.2, 0) is 16.6 Å². The van der Waals surface area contributed by atoms with Crippen LogP contribution in [0.4, 0.5) is 0 Å². The Hall–Kier alpha value is -3.15. The van der Waals surface area contributed by atoms with E-state index in [9.17, 15) is 4.79 Å². The number of aromatic nitrogens is 2. The van der Waals surface area contributed by atoms with E-state index in [1.165, 1.54) is 11.1 Å². The highest BCUT2D eigenvalue weighted by atomic mass is 16.5. The number of carbonyl (C=O) groups excluding carboxylic acids is 1. The Morgan fingerprint density at radius 3 is 2.58 bits per heavy atom. The standard InChI is InChI=1S/C25H29N3O3/c1-18-9-11-19(12-10-18)24-28-27-23(31-24)14-13-22(29)26-17-25(15-5-6-16-25)20-7-3-4-8-21(20)30-2/h3-4,7-12H,5-6,13-17H2,1-2H3,(H,26,29). The molecule has 0 aliphatic heterocycles. The van der Waals surface area contributed by atoms with Crippen LogP contribution in [-0.4, -0.2) is 29.8 Å². The Kier molecular flexibility index (Phi) is 6.35. The van der Waals surface area contributed by atoms with Gasteiger partial charge in [0.25, 0.3) is 0 Å². The van der Waals surface area contributed by atoms with Gasteiger partial charge in [-0.15, -0.1) is 10.2 Å². The summed E-state index contributed by atoms with van der Waals surface area (Å²) in [4.78, 5) is 12.6. The number of rotatable bonds is 8. The molecule has 1 aliphatic carbocycles. The monoisotopic (exact) mass is 419 g/mol. The lowest BCUT2D eigenvalue weighted by atomic mass is 9.78. The maximum atomic E-state index is 12.6. The molecule has 2 aromatic carbocycles. The molecule has 1 fully saturated rings. The van der Waals surface area contributed by atoms with E-state index in [-0.39, 0.29) is 11.3 Å². The molecule has 1 aliphatic rings. The highest BCUT2D eigenvalue weighted by Crippen LogP contribution is 2.44. The summed E-state index contributed by atoms with van der Waals surface area (Å²) in [7, 11) is 1.70. The summed E-state index contributed by atoms with van der Waals surface area (Å²) in [6.45, 7) is 2.65. The summed E-state index contributed by atoms with van der Waals surface area (Å²) in [6, 6.07) is 16.1. The lowest BCUT2D eigenvalue weighted by Gasteiger charge is -2.31. The second-order valence-corrected chi connectivity index (χ2v) is 8.33. The third-order valence-electron chi connectivity index (χ3n) is 6.19. The van der Waals surface area contributed by atoms with Crippen LogP contribution in [0.25, 0.3) is 11.5 Å². The number of ether oxygens (including phenoxy) is 1. The molecule has 1 N–H and O–H groups in total. The molecule has 0 bridgehead atoms. The van der Waals surface area contributed by atoms with E-state index >= 15 is 0 Å². The van der Waals surface area contributed by atoms with Gasteiger partial charge in [0.05, 0.1) is 7.11 Å². The number of nitrogens with zero attached hydrogens (tertiary/aromatic N) is 2. The van der Waals surface area contributed by atoms with Gasteiger partial charge >= 0.3 is 0 Å². The maximum Gasteiger partial charge on any atom is 0.247 e. The first-order valence-electron chi connectivity index (χ1n) is 10.9. The topological polar surface area (TPSA) is 77.2 Å². The van der Waals surface area contributed by atoms with Gasteiger partial charge in [-0.05, 0) is 38.0 Å². The second-order valence-electron chi connectivity index (χ2n) is 8.33. The van der Waals surface area contributed by atoms with Gasteiger partial charge in [0.15, 0.2) is 0 Å². The molecule has 6 heteroatoms. The summed E-state index contributed by atoms with van der Waals surface area (Å²) in [5.74, 6) is 1.85. The maximum absolute atomic E-state index is 12.6. The molecule has 1 saturated carbocycles. The molecule has 0 atom stereocenters. The zero-order valence-corrected chi connectivity index (χ0v) is 18.2. The molecule has 0 spiro atoms. The number of aryl methyl sites for hydroxylation is 2. The fraction of sp³-hybridized carbons (Fsp3) is 0.400. The number of carbonyl (C=O) groups is 1. The molecule has 1 aromatic heterocycles. The Balaban J connectivity index is 1.35. The quantitative estimate of drug-likeness (QED) is 0.577. The van der Waals surface area contributed by atoms with Crippen molar-refractivity contribution in [2.45, 2.75) is 50.9 Å². The third-order valence-corrected chi connectivity index (χ3v) is 6.19.